The van der Waals surface area contributed by atoms with Gasteiger partial charge in [0.05, 0.1) is 43.8 Å². The normalized spacial score (nSPS) is 11.8. The summed E-state index contributed by atoms with van der Waals surface area (Å²) in [5.74, 6) is -22.7. The number of phenols is 18. The molecule has 0 aliphatic carbocycles. The highest BCUT2D eigenvalue weighted by Gasteiger charge is 2.37. The van der Waals surface area contributed by atoms with E-state index in [4.69, 9.17) is 4.42 Å². The standard InChI is InChI=1S/C42H26O19/c43-23-15(25(45)27(47)18-16(23)24(44)17(26(46)28(18)48)19-29(49)35(55)38(58)36(56)30(19)50)13-9-5-1-3-7-11(9)14(12-8-4-2-6-10(12)13)20-31(51)34(54)32(52)21-22-33(53)37(57)39(59)40(60)42(22)61-41(20)21/h1-8,43-60H. The van der Waals surface area contributed by atoms with Crippen molar-refractivity contribution in [1.29, 1.82) is 0 Å². The molecule has 19 heteroatoms. The van der Waals surface area contributed by atoms with Crippen LogP contribution in [0.15, 0.2) is 52.9 Å². The van der Waals surface area contributed by atoms with Gasteiger partial charge in [0, 0.05) is 11.1 Å². The Hall–Kier alpha value is -9.26. The maximum absolute atomic E-state index is 12.1. The number of aromatic hydroxyl groups is 18. The first kappa shape index (κ1) is 37.3. The van der Waals surface area contributed by atoms with Crippen LogP contribution in [0.4, 0.5) is 0 Å². The van der Waals surface area contributed by atoms with Gasteiger partial charge < -0.3 is 96.3 Å². The van der Waals surface area contributed by atoms with Gasteiger partial charge in [-0.15, -0.1) is 0 Å². The lowest BCUT2D eigenvalue weighted by Gasteiger charge is -2.22. The van der Waals surface area contributed by atoms with Crippen LogP contribution in [0.1, 0.15) is 0 Å². The molecule has 0 bridgehead atoms. The van der Waals surface area contributed by atoms with E-state index in [0.717, 1.165) is 0 Å². The average molecular weight is 835 g/mol. The number of fused-ring (bicyclic) bond motifs is 6. The number of hydrogen-bond donors (Lipinski definition) is 18. The predicted octanol–water partition coefficient (Wildman–Crippen LogP) is 6.75. The van der Waals surface area contributed by atoms with Crippen molar-refractivity contribution >= 4 is 54.3 Å². The van der Waals surface area contributed by atoms with E-state index in [9.17, 15) is 91.9 Å². The zero-order valence-electron chi connectivity index (χ0n) is 30.1. The van der Waals surface area contributed by atoms with Gasteiger partial charge in [0.1, 0.15) is 11.5 Å². The first-order valence-electron chi connectivity index (χ1n) is 17.3. The first-order chi connectivity index (χ1) is 28.8. The van der Waals surface area contributed by atoms with E-state index in [0.29, 0.717) is 0 Å². The Balaban J connectivity index is 1.46. The third kappa shape index (κ3) is 4.44. The van der Waals surface area contributed by atoms with Crippen molar-refractivity contribution in [2.24, 2.45) is 0 Å². The maximum atomic E-state index is 12.1. The summed E-state index contributed by atoms with van der Waals surface area (Å²) < 4.78 is 5.86. The largest absolute Gasteiger partial charge is 0.506 e. The van der Waals surface area contributed by atoms with Gasteiger partial charge in [0.2, 0.25) is 40.2 Å². The molecule has 0 radical (unpaired) electrons. The van der Waals surface area contributed by atoms with E-state index in [1.54, 1.807) is 0 Å². The van der Waals surface area contributed by atoms with E-state index in [1.807, 2.05) is 0 Å². The minimum absolute atomic E-state index is 0.0196. The number of benzene rings is 8. The van der Waals surface area contributed by atoms with E-state index >= 15 is 0 Å². The van der Waals surface area contributed by atoms with Gasteiger partial charge in [-0.05, 0) is 21.5 Å². The molecular weight excluding hydrogens is 808 g/mol. The quantitative estimate of drug-likeness (QED) is 0.0497. The fourth-order valence-electron chi connectivity index (χ4n) is 8.07. The summed E-state index contributed by atoms with van der Waals surface area (Å²) in [7, 11) is 0. The molecule has 0 unspecified atom stereocenters. The second-order valence-corrected chi connectivity index (χ2v) is 13.9. The average Bonchev–Trinajstić information content (AvgIpc) is 3.65. The Kier molecular flexibility index (Phi) is 7.42. The third-order valence-corrected chi connectivity index (χ3v) is 10.8. The molecule has 8 aromatic carbocycles. The Morgan fingerprint density at radius 2 is 0.475 bits per heavy atom. The molecule has 0 amide bonds. The highest BCUT2D eigenvalue weighted by Crippen LogP contribution is 2.66. The van der Waals surface area contributed by atoms with Gasteiger partial charge >= 0.3 is 0 Å². The SMILES string of the molecule is Oc1c(O)c(O)c(-c2c(O)c(O)c3c(O)c(O)c(-c4c5ccccc5c(-c5c(O)c(O)c(O)c6c5oc5c(O)c(O)c(O)c(O)c56)c5ccccc45)c(O)c3c2O)c(O)c1O. The monoisotopic (exact) mass is 834 g/mol. The minimum Gasteiger partial charge on any atom is -0.506 e. The summed E-state index contributed by atoms with van der Waals surface area (Å²) in [6.45, 7) is 0. The maximum Gasteiger partial charge on any atom is 0.208 e. The van der Waals surface area contributed by atoms with Crippen LogP contribution in [0.3, 0.4) is 0 Å². The predicted molar refractivity (Wildman–Crippen MR) is 213 cm³/mol. The van der Waals surface area contributed by atoms with Crippen molar-refractivity contribution in [1.82, 2.24) is 0 Å². The summed E-state index contributed by atoms with van der Waals surface area (Å²) in [6, 6.07) is 11.7. The molecule has 18 N–H and O–H groups in total. The molecule has 0 aliphatic rings. The number of furan rings is 1. The van der Waals surface area contributed by atoms with E-state index < -0.39 is 158 Å². The van der Waals surface area contributed by atoms with Crippen molar-refractivity contribution in [2.45, 2.75) is 0 Å². The van der Waals surface area contributed by atoms with Crippen molar-refractivity contribution in [3.8, 4) is 137 Å². The molecule has 0 fully saturated rings. The lowest BCUT2D eigenvalue weighted by atomic mass is 9.83. The van der Waals surface area contributed by atoms with E-state index in [1.165, 1.54) is 48.5 Å². The topological polar surface area (TPSA) is 377 Å². The molecule has 9 rings (SSSR count). The molecule has 0 aliphatic heterocycles. The fraction of sp³-hybridized carbons (Fsp3) is 0. The molecule has 1 aromatic heterocycles. The van der Waals surface area contributed by atoms with E-state index in [2.05, 4.69) is 0 Å². The van der Waals surface area contributed by atoms with Crippen LogP contribution in [0, 0.1) is 0 Å². The molecule has 61 heavy (non-hydrogen) atoms. The summed E-state index contributed by atoms with van der Waals surface area (Å²) in [5.41, 5.74) is -4.77. The first-order valence-corrected chi connectivity index (χ1v) is 17.3. The van der Waals surface area contributed by atoms with Crippen LogP contribution < -0.4 is 0 Å². The molecule has 0 saturated heterocycles. The molecule has 0 atom stereocenters. The Bertz CT molecular complexity index is 3430. The molecule has 0 spiro atoms. The minimum atomic E-state index is -1.45. The van der Waals surface area contributed by atoms with Crippen LogP contribution in [0.5, 0.6) is 103 Å². The smallest absolute Gasteiger partial charge is 0.208 e. The number of hydrogen-bond acceptors (Lipinski definition) is 19. The Morgan fingerprint density at radius 3 is 0.934 bits per heavy atom. The van der Waals surface area contributed by atoms with Gasteiger partial charge in [-0.2, -0.15) is 0 Å². The van der Waals surface area contributed by atoms with Crippen LogP contribution in [0.25, 0.3) is 87.6 Å². The second kappa shape index (κ2) is 12.1. The molecular formula is C42H26O19. The van der Waals surface area contributed by atoms with Crippen molar-refractivity contribution < 1.29 is 96.3 Å². The lowest BCUT2D eigenvalue weighted by Crippen LogP contribution is -1.94. The number of phenolic OH excluding ortho intramolecular Hbond substituents is 18. The second-order valence-electron chi connectivity index (χ2n) is 13.9. The van der Waals surface area contributed by atoms with Gasteiger partial charge in [-0.25, -0.2) is 0 Å². The van der Waals surface area contributed by atoms with Gasteiger partial charge in [-0.1, -0.05) is 48.5 Å². The van der Waals surface area contributed by atoms with Crippen molar-refractivity contribution in [3.05, 3.63) is 48.5 Å². The van der Waals surface area contributed by atoms with Gasteiger partial charge in [0.15, 0.2) is 62.9 Å². The Morgan fingerprint density at radius 1 is 0.213 bits per heavy atom. The fourth-order valence-corrected chi connectivity index (χ4v) is 8.07. The number of rotatable bonds is 3. The van der Waals surface area contributed by atoms with Crippen LogP contribution in [-0.4, -0.2) is 91.9 Å². The van der Waals surface area contributed by atoms with Crippen LogP contribution in [-0.2, 0) is 0 Å². The summed E-state index contributed by atoms with van der Waals surface area (Å²) in [6.07, 6.45) is 0. The zero-order valence-corrected chi connectivity index (χ0v) is 30.1. The molecule has 1 heterocycles. The third-order valence-electron chi connectivity index (χ3n) is 10.8. The lowest BCUT2D eigenvalue weighted by molar-refractivity contribution is 0.329. The van der Waals surface area contributed by atoms with Crippen LogP contribution >= 0.6 is 0 Å². The van der Waals surface area contributed by atoms with Crippen LogP contribution in [0.2, 0.25) is 0 Å². The summed E-state index contributed by atoms with van der Waals surface area (Å²) >= 11 is 0. The highest BCUT2D eigenvalue weighted by atomic mass is 16.4. The zero-order chi connectivity index (χ0) is 44.0. The van der Waals surface area contributed by atoms with E-state index in [-0.39, 0.29) is 32.7 Å². The van der Waals surface area contributed by atoms with Gasteiger partial charge in [-0.3, -0.25) is 0 Å². The molecule has 308 valence electrons. The van der Waals surface area contributed by atoms with Crippen molar-refractivity contribution in [3.63, 3.8) is 0 Å². The molecule has 19 nitrogen and oxygen atoms in total. The molecule has 0 saturated carbocycles. The van der Waals surface area contributed by atoms with Gasteiger partial charge in [0.25, 0.3) is 0 Å². The summed E-state index contributed by atoms with van der Waals surface area (Å²) in [4.78, 5) is 0. The van der Waals surface area contributed by atoms with Crippen molar-refractivity contribution in [2.75, 3.05) is 0 Å². The summed E-state index contributed by atoms with van der Waals surface area (Å²) in [5, 5.41) is 194. The highest BCUT2D eigenvalue weighted by molar-refractivity contribution is 6.29. The Labute approximate surface area is 335 Å². The molecule has 9 aromatic rings.